The number of carbonyl (C=O) groups is 1. The van der Waals surface area contributed by atoms with E-state index >= 15 is 0 Å². The van der Waals surface area contributed by atoms with Crippen LogP contribution in [0.25, 0.3) is 0 Å². The minimum absolute atomic E-state index is 0.216. The van der Waals surface area contributed by atoms with E-state index in [4.69, 9.17) is 23.2 Å². The molecule has 0 unspecified atom stereocenters. The Labute approximate surface area is 109 Å². The van der Waals surface area contributed by atoms with Crippen LogP contribution >= 0.6 is 23.2 Å². The van der Waals surface area contributed by atoms with Crippen LogP contribution in [-0.4, -0.2) is 35.1 Å². The summed E-state index contributed by atoms with van der Waals surface area (Å²) in [6.07, 6.45) is 1.29. The molecule has 3 nitrogen and oxygen atoms in total. The number of aromatic nitrogens is 1. The Bertz CT molecular complexity index is 433. The molecule has 2 heterocycles. The number of piperidine rings is 1. The van der Waals surface area contributed by atoms with Gasteiger partial charge < -0.3 is 4.90 Å². The minimum Gasteiger partial charge on any atom is -0.338 e. The van der Waals surface area contributed by atoms with E-state index in [1.54, 1.807) is 4.90 Å². The Morgan fingerprint density at radius 1 is 1.41 bits per heavy atom. The molecule has 1 aromatic heterocycles. The third kappa shape index (κ3) is 2.87. The lowest BCUT2D eigenvalue weighted by atomic mass is 10.1. The molecule has 0 aliphatic carbocycles. The molecule has 0 spiro atoms. The van der Waals surface area contributed by atoms with Gasteiger partial charge in [-0.05, 0) is 18.9 Å². The highest BCUT2D eigenvalue weighted by Gasteiger charge is 2.24. The maximum atomic E-state index is 13.0. The molecule has 17 heavy (non-hydrogen) atoms. The molecule has 1 aliphatic rings. The third-order valence-electron chi connectivity index (χ3n) is 2.76. The molecule has 1 aromatic rings. The van der Waals surface area contributed by atoms with Gasteiger partial charge in [0.05, 0.1) is 10.6 Å². The SMILES string of the molecule is O=C(c1cc(Cl)ncc1Cl)N1CCC(F)CC1. The van der Waals surface area contributed by atoms with E-state index in [9.17, 15) is 9.18 Å². The molecular formula is C11H11Cl2FN2O. The zero-order valence-corrected chi connectivity index (χ0v) is 10.5. The first-order valence-electron chi connectivity index (χ1n) is 5.32. The lowest BCUT2D eigenvalue weighted by molar-refractivity contribution is 0.0667. The lowest BCUT2D eigenvalue weighted by Crippen LogP contribution is -2.39. The lowest BCUT2D eigenvalue weighted by Gasteiger charge is -2.28. The van der Waals surface area contributed by atoms with Crippen molar-refractivity contribution in [3.8, 4) is 0 Å². The van der Waals surface area contributed by atoms with Gasteiger partial charge in [0.25, 0.3) is 5.91 Å². The van der Waals surface area contributed by atoms with Gasteiger partial charge in [0.15, 0.2) is 0 Å². The number of pyridine rings is 1. The fourth-order valence-corrected chi connectivity index (χ4v) is 2.14. The Morgan fingerprint density at radius 2 is 2.06 bits per heavy atom. The molecule has 1 amide bonds. The first-order valence-corrected chi connectivity index (χ1v) is 6.08. The molecule has 0 N–H and O–H groups in total. The Balaban J connectivity index is 2.16. The molecule has 0 aromatic carbocycles. The summed E-state index contributed by atoms with van der Waals surface area (Å²) in [7, 11) is 0. The number of likely N-dealkylation sites (tertiary alicyclic amines) is 1. The van der Waals surface area contributed by atoms with Crippen molar-refractivity contribution in [1.29, 1.82) is 0 Å². The molecule has 1 aliphatic heterocycles. The van der Waals surface area contributed by atoms with Gasteiger partial charge in [0, 0.05) is 19.3 Å². The molecule has 2 rings (SSSR count). The first kappa shape index (κ1) is 12.6. The van der Waals surface area contributed by atoms with Gasteiger partial charge >= 0.3 is 0 Å². The minimum atomic E-state index is -0.810. The van der Waals surface area contributed by atoms with E-state index in [-0.39, 0.29) is 16.1 Å². The van der Waals surface area contributed by atoms with Gasteiger partial charge in [-0.1, -0.05) is 23.2 Å². The summed E-state index contributed by atoms with van der Waals surface area (Å²) in [4.78, 5) is 17.5. The van der Waals surface area contributed by atoms with Crippen molar-refractivity contribution >= 4 is 29.1 Å². The third-order valence-corrected chi connectivity index (χ3v) is 3.27. The summed E-state index contributed by atoms with van der Waals surface area (Å²) in [5.41, 5.74) is 0.323. The maximum Gasteiger partial charge on any atom is 0.255 e. The summed E-state index contributed by atoms with van der Waals surface area (Å²) in [5, 5.41) is 0.486. The number of amides is 1. The molecule has 0 bridgehead atoms. The molecule has 0 saturated carbocycles. The van der Waals surface area contributed by atoms with Gasteiger partial charge in [0.1, 0.15) is 11.3 Å². The smallest absolute Gasteiger partial charge is 0.255 e. The predicted molar refractivity (Wildman–Crippen MR) is 64.3 cm³/mol. The zero-order chi connectivity index (χ0) is 12.4. The van der Waals surface area contributed by atoms with Crippen LogP contribution in [0.1, 0.15) is 23.2 Å². The highest BCUT2D eigenvalue weighted by Crippen LogP contribution is 2.22. The van der Waals surface area contributed by atoms with E-state index in [0.29, 0.717) is 31.5 Å². The van der Waals surface area contributed by atoms with Crippen LogP contribution in [0.4, 0.5) is 4.39 Å². The van der Waals surface area contributed by atoms with Crippen LogP contribution in [0.2, 0.25) is 10.2 Å². The summed E-state index contributed by atoms with van der Waals surface area (Å²) in [6.45, 7) is 0.826. The van der Waals surface area contributed by atoms with Crippen LogP contribution in [0, 0.1) is 0 Å². The number of carbonyl (C=O) groups excluding carboxylic acids is 1. The number of hydrogen-bond donors (Lipinski definition) is 0. The van der Waals surface area contributed by atoms with Crippen LogP contribution in [0.15, 0.2) is 12.3 Å². The second-order valence-electron chi connectivity index (χ2n) is 3.95. The maximum absolute atomic E-state index is 13.0. The summed E-state index contributed by atoms with van der Waals surface area (Å²) in [5.74, 6) is -0.216. The Hall–Kier alpha value is -0.870. The Morgan fingerprint density at radius 3 is 2.71 bits per heavy atom. The van der Waals surface area contributed by atoms with E-state index < -0.39 is 6.17 Å². The molecule has 0 radical (unpaired) electrons. The highest BCUT2D eigenvalue weighted by atomic mass is 35.5. The fourth-order valence-electron chi connectivity index (χ4n) is 1.80. The number of rotatable bonds is 1. The number of halogens is 3. The molecule has 92 valence electrons. The van der Waals surface area contributed by atoms with Crippen LogP contribution < -0.4 is 0 Å². The highest BCUT2D eigenvalue weighted by molar-refractivity contribution is 6.35. The number of nitrogens with zero attached hydrogens (tertiary/aromatic N) is 2. The predicted octanol–water partition coefficient (Wildman–Crippen LogP) is 2.96. The quantitative estimate of drug-likeness (QED) is 0.739. The summed E-state index contributed by atoms with van der Waals surface area (Å²) < 4.78 is 13.0. The first-order chi connectivity index (χ1) is 8.08. The average Bonchev–Trinajstić information content (AvgIpc) is 2.32. The Kier molecular flexibility index (Phi) is 3.84. The number of alkyl halides is 1. The molecule has 6 heteroatoms. The van der Waals surface area contributed by atoms with Crippen LogP contribution in [0.3, 0.4) is 0 Å². The fraction of sp³-hybridized carbons (Fsp3) is 0.455. The van der Waals surface area contributed by atoms with Crippen LogP contribution in [0.5, 0.6) is 0 Å². The summed E-state index contributed by atoms with van der Waals surface area (Å²) >= 11 is 11.6. The number of hydrogen-bond acceptors (Lipinski definition) is 2. The molecule has 1 fully saturated rings. The van der Waals surface area contributed by atoms with Crippen molar-refractivity contribution in [3.05, 3.63) is 28.0 Å². The van der Waals surface area contributed by atoms with E-state index in [2.05, 4.69) is 4.98 Å². The van der Waals surface area contributed by atoms with E-state index in [0.717, 1.165) is 0 Å². The van der Waals surface area contributed by atoms with Crippen molar-refractivity contribution in [1.82, 2.24) is 9.88 Å². The monoisotopic (exact) mass is 276 g/mol. The molecule has 1 saturated heterocycles. The largest absolute Gasteiger partial charge is 0.338 e. The zero-order valence-electron chi connectivity index (χ0n) is 9.00. The second kappa shape index (κ2) is 5.19. The van der Waals surface area contributed by atoms with Crippen molar-refractivity contribution in [2.45, 2.75) is 19.0 Å². The summed E-state index contributed by atoms with van der Waals surface area (Å²) in [6, 6.07) is 1.44. The van der Waals surface area contributed by atoms with Crippen molar-refractivity contribution in [3.63, 3.8) is 0 Å². The second-order valence-corrected chi connectivity index (χ2v) is 4.75. The van der Waals surface area contributed by atoms with Crippen LogP contribution in [-0.2, 0) is 0 Å². The average molecular weight is 277 g/mol. The topological polar surface area (TPSA) is 33.2 Å². The van der Waals surface area contributed by atoms with Gasteiger partial charge in [-0.2, -0.15) is 0 Å². The normalized spacial score (nSPS) is 17.2. The van der Waals surface area contributed by atoms with Crippen molar-refractivity contribution < 1.29 is 9.18 Å². The van der Waals surface area contributed by atoms with Gasteiger partial charge in [-0.25, -0.2) is 9.37 Å². The van der Waals surface area contributed by atoms with Crippen molar-refractivity contribution in [2.24, 2.45) is 0 Å². The van der Waals surface area contributed by atoms with Crippen molar-refractivity contribution in [2.75, 3.05) is 13.1 Å². The van der Waals surface area contributed by atoms with Gasteiger partial charge in [0.2, 0.25) is 0 Å². The molecular weight excluding hydrogens is 266 g/mol. The standard InChI is InChI=1S/C11H11Cl2FN2O/c12-9-6-15-10(13)5-8(9)11(17)16-3-1-7(14)2-4-16/h5-7H,1-4H2. The molecule has 0 atom stereocenters. The van der Waals surface area contributed by atoms with E-state index in [1.807, 2.05) is 0 Å². The van der Waals surface area contributed by atoms with Gasteiger partial charge in [-0.15, -0.1) is 0 Å². The van der Waals surface area contributed by atoms with E-state index in [1.165, 1.54) is 12.3 Å². The van der Waals surface area contributed by atoms with Gasteiger partial charge in [-0.3, -0.25) is 4.79 Å².